The highest BCUT2D eigenvalue weighted by atomic mass is 16.1. The van der Waals surface area contributed by atoms with Gasteiger partial charge in [0.05, 0.1) is 11.0 Å². The van der Waals surface area contributed by atoms with Gasteiger partial charge < -0.3 is 15.3 Å². The molecule has 4 heteroatoms. The minimum Gasteiger partial charge on any atom is -0.388 e. The van der Waals surface area contributed by atoms with Crippen molar-refractivity contribution >= 4 is 16.7 Å². The number of aromatic nitrogens is 2. The third-order valence-electron chi connectivity index (χ3n) is 3.23. The molecule has 1 heterocycles. The zero-order chi connectivity index (χ0) is 13.2. The predicted molar refractivity (Wildman–Crippen MR) is 77.7 cm³/mol. The van der Waals surface area contributed by atoms with Gasteiger partial charge in [-0.25, -0.2) is 4.79 Å². The third-order valence-corrected chi connectivity index (χ3v) is 3.23. The first kappa shape index (κ1) is 11.6. The van der Waals surface area contributed by atoms with Crippen molar-refractivity contribution in [2.45, 2.75) is 6.42 Å². The molecule has 0 bridgehead atoms. The topological polar surface area (TPSA) is 60.7 Å². The van der Waals surface area contributed by atoms with Gasteiger partial charge in [0.1, 0.15) is 0 Å². The van der Waals surface area contributed by atoms with Crippen LogP contribution < -0.4 is 11.0 Å². The Hall–Kier alpha value is -2.49. The molecule has 3 rings (SSSR count). The Morgan fingerprint density at radius 1 is 0.947 bits per heavy atom. The SMILES string of the molecule is CNc1ccc(Cc2ccc3[nH]c(=O)[nH]c3c2)cc1. The molecule has 0 aliphatic heterocycles. The molecule has 1 aromatic heterocycles. The highest BCUT2D eigenvalue weighted by Crippen LogP contribution is 2.16. The standard InChI is InChI=1S/C15H15N3O/c1-16-12-5-2-10(3-6-12)8-11-4-7-13-14(9-11)18-15(19)17-13/h2-7,9,16H,8H2,1H3,(H2,17,18,19). The number of imidazole rings is 1. The monoisotopic (exact) mass is 253 g/mol. The van der Waals surface area contributed by atoms with Gasteiger partial charge in [-0.15, -0.1) is 0 Å². The van der Waals surface area contributed by atoms with Crippen molar-refractivity contribution in [3.63, 3.8) is 0 Å². The zero-order valence-corrected chi connectivity index (χ0v) is 10.7. The van der Waals surface area contributed by atoms with Crippen LogP contribution in [0.5, 0.6) is 0 Å². The van der Waals surface area contributed by atoms with E-state index in [1.807, 2.05) is 25.2 Å². The molecule has 0 aliphatic carbocycles. The van der Waals surface area contributed by atoms with Gasteiger partial charge in [-0.1, -0.05) is 18.2 Å². The molecule has 0 fully saturated rings. The van der Waals surface area contributed by atoms with E-state index in [4.69, 9.17) is 0 Å². The number of anilines is 1. The molecule has 0 radical (unpaired) electrons. The Labute approximate surface area is 110 Å². The Bertz CT molecular complexity index is 753. The van der Waals surface area contributed by atoms with Crippen LogP contribution in [-0.4, -0.2) is 17.0 Å². The zero-order valence-electron chi connectivity index (χ0n) is 10.7. The number of fused-ring (bicyclic) bond motifs is 1. The van der Waals surface area contributed by atoms with Gasteiger partial charge in [0.15, 0.2) is 0 Å². The van der Waals surface area contributed by atoms with Crippen LogP contribution in [-0.2, 0) is 6.42 Å². The maximum absolute atomic E-state index is 11.2. The lowest BCUT2D eigenvalue weighted by molar-refractivity contribution is 1.19. The molecule has 2 aromatic carbocycles. The van der Waals surface area contributed by atoms with E-state index in [1.165, 1.54) is 11.1 Å². The normalized spacial score (nSPS) is 10.8. The Kier molecular flexibility index (Phi) is 2.83. The molecular formula is C15H15N3O. The van der Waals surface area contributed by atoms with E-state index in [0.29, 0.717) is 0 Å². The molecule has 0 amide bonds. The minimum atomic E-state index is -0.162. The minimum absolute atomic E-state index is 0.162. The van der Waals surface area contributed by atoms with Crippen LogP contribution in [0.3, 0.4) is 0 Å². The largest absolute Gasteiger partial charge is 0.388 e. The summed E-state index contributed by atoms with van der Waals surface area (Å²) in [6, 6.07) is 14.3. The van der Waals surface area contributed by atoms with Gasteiger partial charge in [0, 0.05) is 12.7 Å². The molecular weight excluding hydrogens is 238 g/mol. The summed E-state index contributed by atoms with van der Waals surface area (Å²) >= 11 is 0. The number of rotatable bonds is 3. The van der Waals surface area contributed by atoms with Gasteiger partial charge in [0.2, 0.25) is 0 Å². The van der Waals surface area contributed by atoms with Crippen LogP contribution in [0.25, 0.3) is 11.0 Å². The van der Waals surface area contributed by atoms with Crippen LogP contribution in [0.4, 0.5) is 5.69 Å². The molecule has 0 aliphatic rings. The summed E-state index contributed by atoms with van der Waals surface area (Å²) in [7, 11) is 1.91. The van der Waals surface area contributed by atoms with Crippen molar-refractivity contribution in [2.75, 3.05) is 12.4 Å². The number of hydrogen-bond donors (Lipinski definition) is 3. The Morgan fingerprint density at radius 3 is 2.37 bits per heavy atom. The molecule has 0 unspecified atom stereocenters. The molecule has 0 saturated carbocycles. The third kappa shape index (κ3) is 2.38. The van der Waals surface area contributed by atoms with Gasteiger partial charge >= 0.3 is 5.69 Å². The Morgan fingerprint density at radius 2 is 1.63 bits per heavy atom. The Balaban J connectivity index is 1.89. The van der Waals surface area contributed by atoms with E-state index < -0.39 is 0 Å². The number of H-pyrrole nitrogens is 2. The fraction of sp³-hybridized carbons (Fsp3) is 0.133. The van der Waals surface area contributed by atoms with Crippen molar-refractivity contribution in [3.8, 4) is 0 Å². The molecule has 96 valence electrons. The second-order valence-electron chi connectivity index (χ2n) is 4.58. The van der Waals surface area contributed by atoms with Crippen molar-refractivity contribution in [1.29, 1.82) is 0 Å². The maximum Gasteiger partial charge on any atom is 0.323 e. The number of aromatic amines is 2. The van der Waals surface area contributed by atoms with Crippen LogP contribution in [0.2, 0.25) is 0 Å². The van der Waals surface area contributed by atoms with Gasteiger partial charge in [-0.2, -0.15) is 0 Å². The van der Waals surface area contributed by atoms with Crippen LogP contribution in [0.1, 0.15) is 11.1 Å². The summed E-state index contributed by atoms with van der Waals surface area (Å²) < 4.78 is 0. The number of nitrogens with one attached hydrogen (secondary N) is 3. The highest BCUT2D eigenvalue weighted by Gasteiger charge is 2.01. The molecule has 3 aromatic rings. The highest BCUT2D eigenvalue weighted by molar-refractivity contribution is 5.75. The van der Waals surface area contributed by atoms with E-state index in [9.17, 15) is 4.79 Å². The fourth-order valence-corrected chi connectivity index (χ4v) is 2.21. The van der Waals surface area contributed by atoms with Crippen LogP contribution in [0.15, 0.2) is 47.3 Å². The number of hydrogen-bond acceptors (Lipinski definition) is 2. The second kappa shape index (κ2) is 4.65. The second-order valence-corrected chi connectivity index (χ2v) is 4.58. The van der Waals surface area contributed by atoms with E-state index in [2.05, 4.69) is 39.6 Å². The van der Waals surface area contributed by atoms with Crippen molar-refractivity contribution < 1.29 is 0 Å². The summed E-state index contributed by atoms with van der Waals surface area (Å²) in [5.74, 6) is 0. The molecule has 3 N–H and O–H groups in total. The first-order valence-corrected chi connectivity index (χ1v) is 6.22. The van der Waals surface area contributed by atoms with Gasteiger partial charge in [-0.05, 0) is 41.8 Å². The lowest BCUT2D eigenvalue weighted by Crippen LogP contribution is -1.99. The first-order valence-electron chi connectivity index (χ1n) is 6.22. The molecule has 0 atom stereocenters. The van der Waals surface area contributed by atoms with Crippen molar-refractivity contribution in [3.05, 3.63) is 64.1 Å². The fourth-order valence-electron chi connectivity index (χ4n) is 2.21. The molecule has 19 heavy (non-hydrogen) atoms. The summed E-state index contributed by atoms with van der Waals surface area (Å²) in [5, 5.41) is 3.10. The van der Waals surface area contributed by atoms with Gasteiger partial charge in [-0.3, -0.25) is 0 Å². The van der Waals surface area contributed by atoms with E-state index >= 15 is 0 Å². The van der Waals surface area contributed by atoms with E-state index in [1.54, 1.807) is 0 Å². The van der Waals surface area contributed by atoms with Gasteiger partial charge in [0.25, 0.3) is 0 Å². The van der Waals surface area contributed by atoms with Crippen molar-refractivity contribution in [2.24, 2.45) is 0 Å². The summed E-state index contributed by atoms with van der Waals surface area (Å²) in [6.07, 6.45) is 0.854. The summed E-state index contributed by atoms with van der Waals surface area (Å²) in [4.78, 5) is 16.7. The first-order chi connectivity index (χ1) is 9.24. The van der Waals surface area contributed by atoms with Crippen LogP contribution >= 0.6 is 0 Å². The number of benzene rings is 2. The van der Waals surface area contributed by atoms with Crippen LogP contribution in [0, 0.1) is 0 Å². The van der Waals surface area contributed by atoms with E-state index in [0.717, 1.165) is 23.1 Å². The quantitative estimate of drug-likeness (QED) is 0.671. The molecule has 0 spiro atoms. The molecule has 4 nitrogen and oxygen atoms in total. The maximum atomic E-state index is 11.2. The van der Waals surface area contributed by atoms with Crippen molar-refractivity contribution in [1.82, 2.24) is 9.97 Å². The average molecular weight is 253 g/mol. The molecule has 0 saturated heterocycles. The lowest BCUT2D eigenvalue weighted by atomic mass is 10.0. The average Bonchev–Trinajstić information content (AvgIpc) is 2.79. The van der Waals surface area contributed by atoms with E-state index in [-0.39, 0.29) is 5.69 Å². The summed E-state index contributed by atoms with van der Waals surface area (Å²) in [6.45, 7) is 0. The lowest BCUT2D eigenvalue weighted by Gasteiger charge is -2.04. The smallest absolute Gasteiger partial charge is 0.323 e. The predicted octanol–water partition coefficient (Wildman–Crippen LogP) is 2.49. The summed E-state index contributed by atoms with van der Waals surface area (Å²) in [5.41, 5.74) is 5.07.